The molecule has 1 aliphatic carbocycles. The predicted octanol–water partition coefficient (Wildman–Crippen LogP) is -2.04. The maximum atomic E-state index is 8.73. The molecule has 0 bridgehead atoms. The summed E-state index contributed by atoms with van der Waals surface area (Å²) in [6, 6.07) is 0. The van der Waals surface area contributed by atoms with Crippen molar-refractivity contribution in [2.75, 3.05) is 39.5 Å². The molecule has 2 rings (SSSR count). The van der Waals surface area contributed by atoms with Crippen LogP contribution in [0.5, 0.6) is 0 Å². The molecular weight excluding hydrogens is 359 g/mol. The Kier molecular flexibility index (Phi) is 16.6. The molecule has 1 atom stereocenters. The van der Waals surface area contributed by atoms with Crippen molar-refractivity contribution in [2.24, 2.45) is 0 Å². The second kappa shape index (κ2) is 15.4. The quantitative estimate of drug-likeness (QED) is 0.264. The van der Waals surface area contributed by atoms with Gasteiger partial charge in [0, 0.05) is 19.7 Å². The maximum absolute atomic E-state index is 8.73. The zero-order valence-corrected chi connectivity index (χ0v) is 16.9. The second-order valence-corrected chi connectivity index (χ2v) is 4.02. The Balaban J connectivity index is 0. The number of halogens is 1. The fourth-order valence-corrected chi connectivity index (χ4v) is 1.65. The first kappa shape index (κ1) is 23.7. The van der Waals surface area contributed by atoms with Crippen LogP contribution in [-0.4, -0.2) is 56.1 Å². The minimum absolute atomic E-state index is 0. The first-order chi connectivity index (χ1) is 9.81. The van der Waals surface area contributed by atoms with Crippen LogP contribution in [-0.2, 0) is 33.7 Å². The van der Waals surface area contributed by atoms with Gasteiger partial charge >= 0.3 is 19.5 Å². The Hall–Kier alpha value is -0.547. The minimum Gasteiger partial charge on any atom is -1.00 e. The van der Waals surface area contributed by atoms with Gasteiger partial charge in [-0.25, -0.2) is 6.08 Å². The van der Waals surface area contributed by atoms with Gasteiger partial charge in [0.15, 0.2) is 0 Å². The van der Waals surface area contributed by atoms with Gasteiger partial charge in [-0.15, -0.1) is 6.08 Å². The van der Waals surface area contributed by atoms with E-state index >= 15 is 0 Å². The molecule has 0 aromatic carbocycles. The summed E-state index contributed by atoms with van der Waals surface area (Å²) in [6.07, 6.45) is 5.89. The van der Waals surface area contributed by atoms with Crippen molar-refractivity contribution in [1.82, 2.24) is 5.32 Å². The summed E-state index contributed by atoms with van der Waals surface area (Å²) in [5.74, 6) is 0.566. The molecule has 120 valence electrons. The van der Waals surface area contributed by atoms with Gasteiger partial charge in [0.05, 0.1) is 19.8 Å². The molecule has 1 unspecified atom stereocenters. The van der Waals surface area contributed by atoms with E-state index < -0.39 is 0 Å². The van der Waals surface area contributed by atoms with Gasteiger partial charge in [0.25, 0.3) is 5.71 Å². The van der Waals surface area contributed by atoms with Crippen LogP contribution in [0.25, 0.3) is 5.53 Å². The van der Waals surface area contributed by atoms with E-state index in [0.717, 1.165) is 26.3 Å². The number of hydrogen-bond donors (Lipinski definition) is 1. The zero-order chi connectivity index (χ0) is 14.6. The van der Waals surface area contributed by atoms with E-state index in [0.29, 0.717) is 24.7 Å². The molecule has 0 saturated carbocycles. The Morgan fingerprint density at radius 2 is 2.05 bits per heavy atom. The first-order valence-electron chi connectivity index (χ1n) is 6.88. The van der Waals surface area contributed by atoms with Crippen LogP contribution < -0.4 is 17.7 Å². The number of ether oxygens (including phenoxy) is 3. The summed E-state index contributed by atoms with van der Waals surface area (Å²) in [4.78, 5) is 3.14. The molecule has 1 saturated heterocycles. The third-order valence-electron chi connectivity index (χ3n) is 2.56. The van der Waals surface area contributed by atoms with Crippen LogP contribution in [0.2, 0.25) is 0 Å². The molecule has 0 radical (unpaired) electrons. The van der Waals surface area contributed by atoms with E-state index in [1.54, 1.807) is 12.2 Å². The van der Waals surface area contributed by atoms with Gasteiger partial charge in [0.2, 0.25) is 0 Å². The van der Waals surface area contributed by atoms with Crippen molar-refractivity contribution in [3.8, 4) is 0 Å². The van der Waals surface area contributed by atoms with Crippen LogP contribution >= 0.6 is 0 Å². The Labute approximate surface area is 151 Å². The zero-order valence-electron chi connectivity index (χ0n) is 13.2. The standard InChI is InChI=1S/C10H13N2O2.C4H9NO.ClH.Zn/c1-3-13-8-5-6-10(14-4-2)9(7-8)12-11;1-3-6-4-2-5-1;;/h6-7,10H,3-4H2,1-2H3;5H,1-4H2;1H;/q-1;;;+2/p-1. The minimum atomic E-state index is -0.325. The molecule has 1 aliphatic heterocycles. The molecule has 6 nitrogen and oxygen atoms in total. The van der Waals surface area contributed by atoms with Crippen molar-refractivity contribution in [3.05, 3.63) is 29.5 Å². The average Bonchev–Trinajstić information content (AvgIpc) is 2.51. The molecule has 22 heavy (non-hydrogen) atoms. The van der Waals surface area contributed by atoms with E-state index in [-0.39, 0.29) is 38.0 Å². The van der Waals surface area contributed by atoms with Gasteiger partial charge < -0.3 is 37.5 Å². The van der Waals surface area contributed by atoms with Crippen LogP contribution in [0.1, 0.15) is 13.8 Å². The van der Waals surface area contributed by atoms with Crippen LogP contribution in [0.3, 0.4) is 0 Å². The summed E-state index contributed by atoms with van der Waals surface area (Å²) in [5, 5.41) is 3.16. The van der Waals surface area contributed by atoms with Gasteiger partial charge in [-0.05, 0) is 19.6 Å². The number of hydrogen-bond acceptors (Lipinski definition) is 4. The molecule has 1 heterocycles. The average molecular weight is 381 g/mol. The third kappa shape index (κ3) is 9.47. The molecule has 8 heteroatoms. The number of morpholine rings is 1. The van der Waals surface area contributed by atoms with Crippen molar-refractivity contribution in [3.63, 3.8) is 0 Å². The molecule has 1 fully saturated rings. The van der Waals surface area contributed by atoms with Crippen molar-refractivity contribution in [1.29, 1.82) is 0 Å². The fourth-order valence-electron chi connectivity index (χ4n) is 1.65. The summed E-state index contributed by atoms with van der Waals surface area (Å²) >= 11 is 0. The molecule has 0 spiro atoms. The largest absolute Gasteiger partial charge is 2.00 e. The van der Waals surface area contributed by atoms with Gasteiger partial charge in [-0.2, -0.15) is 4.79 Å². The van der Waals surface area contributed by atoms with Crippen LogP contribution in [0.4, 0.5) is 0 Å². The second-order valence-electron chi connectivity index (χ2n) is 4.02. The Morgan fingerprint density at radius 3 is 2.45 bits per heavy atom. The van der Waals surface area contributed by atoms with Gasteiger partial charge in [-0.1, -0.05) is 6.08 Å². The van der Waals surface area contributed by atoms with Crippen LogP contribution in [0.15, 0.2) is 17.9 Å². The fraction of sp³-hybridized carbons (Fsp3) is 0.643. The first-order valence-corrected chi connectivity index (χ1v) is 6.88. The van der Waals surface area contributed by atoms with E-state index in [1.165, 1.54) is 0 Å². The number of rotatable bonds is 4. The summed E-state index contributed by atoms with van der Waals surface area (Å²) in [7, 11) is 0. The molecular formula is C14H22ClN3O3Zn. The normalized spacial score (nSPS) is 19.5. The molecule has 1 N–H and O–H groups in total. The third-order valence-corrected chi connectivity index (χ3v) is 2.56. The SMILES string of the molecule is C1COCCN1.CCOC1=CC(=[N+]=[N-])C(OCC)C=[C-]1.[Cl-].[Zn+2]. The van der Waals surface area contributed by atoms with E-state index in [4.69, 9.17) is 19.7 Å². The van der Waals surface area contributed by atoms with Crippen molar-refractivity contribution >= 4 is 5.71 Å². The number of allylic oxidation sites excluding steroid dienone is 1. The summed E-state index contributed by atoms with van der Waals surface area (Å²) < 4.78 is 15.5. The Bertz CT molecular complexity index is 383. The summed E-state index contributed by atoms with van der Waals surface area (Å²) in [6.45, 7) is 8.71. The molecule has 0 aromatic rings. The van der Waals surface area contributed by atoms with Crippen molar-refractivity contribution in [2.45, 2.75) is 20.0 Å². The van der Waals surface area contributed by atoms with E-state index in [1.807, 2.05) is 13.8 Å². The smallest absolute Gasteiger partial charge is 1.00 e. The van der Waals surface area contributed by atoms with Gasteiger partial charge in [-0.3, -0.25) is 0 Å². The number of nitrogens with zero attached hydrogens (tertiary/aromatic N) is 2. The predicted molar refractivity (Wildman–Crippen MR) is 75.3 cm³/mol. The van der Waals surface area contributed by atoms with Gasteiger partial charge in [0.1, 0.15) is 6.10 Å². The topological polar surface area (TPSA) is 76.1 Å². The summed E-state index contributed by atoms with van der Waals surface area (Å²) in [5.41, 5.74) is 9.17. The monoisotopic (exact) mass is 379 g/mol. The van der Waals surface area contributed by atoms with E-state index in [2.05, 4.69) is 16.2 Å². The molecule has 2 aliphatic rings. The van der Waals surface area contributed by atoms with Crippen LogP contribution in [0, 0.1) is 6.08 Å². The molecule has 0 amide bonds. The molecule has 0 aromatic heterocycles. The maximum Gasteiger partial charge on any atom is 2.00 e. The Morgan fingerprint density at radius 1 is 1.36 bits per heavy atom. The van der Waals surface area contributed by atoms with Crippen molar-refractivity contribution < 1.29 is 50.9 Å². The van der Waals surface area contributed by atoms with E-state index in [9.17, 15) is 0 Å². The number of nitrogens with one attached hydrogen (secondary N) is 1.